The Labute approximate surface area is 105 Å². The highest BCUT2D eigenvalue weighted by atomic mass is 32.2. The first-order chi connectivity index (χ1) is 7.75. The molecule has 2 heterocycles. The van der Waals surface area contributed by atoms with Crippen LogP contribution in [0.1, 0.15) is 5.56 Å². The SMILES string of the molecule is Cc1cc(N)cnc1NCC1CSCCS1. The quantitative estimate of drug-likeness (QED) is 0.867. The second-order valence-electron chi connectivity index (χ2n) is 3.88. The molecule has 0 spiro atoms. The van der Waals surface area contributed by atoms with Crippen LogP contribution < -0.4 is 11.1 Å². The molecule has 3 nitrogen and oxygen atoms in total. The minimum absolute atomic E-state index is 0.706. The summed E-state index contributed by atoms with van der Waals surface area (Å²) in [4.78, 5) is 4.31. The molecule has 0 aromatic carbocycles. The number of nitrogens with zero attached hydrogens (tertiary/aromatic N) is 1. The van der Waals surface area contributed by atoms with E-state index in [2.05, 4.69) is 22.1 Å². The number of anilines is 2. The molecule has 16 heavy (non-hydrogen) atoms. The molecule has 0 aliphatic carbocycles. The van der Waals surface area contributed by atoms with Gasteiger partial charge in [0.25, 0.3) is 0 Å². The second-order valence-corrected chi connectivity index (χ2v) is 6.44. The van der Waals surface area contributed by atoms with Gasteiger partial charge in [0.15, 0.2) is 0 Å². The average Bonchev–Trinajstić information content (AvgIpc) is 2.29. The van der Waals surface area contributed by atoms with Gasteiger partial charge in [-0.15, -0.1) is 0 Å². The molecule has 1 aromatic rings. The number of aryl methyl sites for hydroxylation is 1. The van der Waals surface area contributed by atoms with Crippen LogP contribution >= 0.6 is 23.5 Å². The van der Waals surface area contributed by atoms with Crippen molar-refractivity contribution in [3.63, 3.8) is 0 Å². The van der Waals surface area contributed by atoms with Gasteiger partial charge >= 0.3 is 0 Å². The first-order valence-electron chi connectivity index (χ1n) is 5.41. The van der Waals surface area contributed by atoms with Gasteiger partial charge in [-0.1, -0.05) is 0 Å². The Bertz CT molecular complexity index is 351. The van der Waals surface area contributed by atoms with Crippen molar-refractivity contribution in [2.75, 3.05) is 34.9 Å². The fourth-order valence-electron chi connectivity index (χ4n) is 1.65. The Morgan fingerprint density at radius 1 is 1.56 bits per heavy atom. The molecular formula is C11H17N3S2. The number of thioether (sulfide) groups is 2. The summed E-state index contributed by atoms with van der Waals surface area (Å²) in [7, 11) is 0. The van der Waals surface area contributed by atoms with Crippen LogP contribution in [0.25, 0.3) is 0 Å². The lowest BCUT2D eigenvalue weighted by molar-refractivity contribution is 0.989. The molecule has 0 radical (unpaired) electrons. The molecule has 88 valence electrons. The zero-order valence-electron chi connectivity index (χ0n) is 9.40. The van der Waals surface area contributed by atoms with Crippen molar-refractivity contribution in [2.24, 2.45) is 0 Å². The Morgan fingerprint density at radius 2 is 2.44 bits per heavy atom. The number of hydrogen-bond acceptors (Lipinski definition) is 5. The van der Waals surface area contributed by atoms with Crippen molar-refractivity contribution in [3.05, 3.63) is 17.8 Å². The summed E-state index contributed by atoms with van der Waals surface area (Å²) in [5.41, 5.74) is 7.52. The molecule has 1 aromatic heterocycles. The molecule has 1 fully saturated rings. The molecule has 1 aliphatic rings. The zero-order chi connectivity index (χ0) is 11.4. The molecule has 1 atom stereocenters. The Kier molecular flexibility index (Phi) is 4.23. The summed E-state index contributed by atoms with van der Waals surface area (Å²) in [6.07, 6.45) is 1.71. The van der Waals surface area contributed by atoms with Crippen LogP contribution in [0.2, 0.25) is 0 Å². The van der Waals surface area contributed by atoms with Gasteiger partial charge < -0.3 is 11.1 Å². The summed E-state index contributed by atoms with van der Waals surface area (Å²) in [5.74, 6) is 4.77. The maximum atomic E-state index is 5.67. The van der Waals surface area contributed by atoms with E-state index in [9.17, 15) is 0 Å². The van der Waals surface area contributed by atoms with E-state index in [1.807, 2.05) is 24.8 Å². The van der Waals surface area contributed by atoms with Crippen LogP contribution in [0.4, 0.5) is 11.5 Å². The highest BCUT2D eigenvalue weighted by Gasteiger charge is 2.14. The predicted molar refractivity (Wildman–Crippen MR) is 75.4 cm³/mol. The lowest BCUT2D eigenvalue weighted by Crippen LogP contribution is -2.23. The van der Waals surface area contributed by atoms with Gasteiger partial charge in [0.2, 0.25) is 0 Å². The molecule has 0 saturated carbocycles. The molecule has 0 amide bonds. The van der Waals surface area contributed by atoms with E-state index >= 15 is 0 Å². The topological polar surface area (TPSA) is 50.9 Å². The average molecular weight is 255 g/mol. The first-order valence-corrected chi connectivity index (χ1v) is 7.61. The monoisotopic (exact) mass is 255 g/mol. The van der Waals surface area contributed by atoms with Crippen molar-refractivity contribution in [1.29, 1.82) is 0 Å². The summed E-state index contributed by atoms with van der Waals surface area (Å²) in [5, 5.41) is 4.12. The van der Waals surface area contributed by atoms with E-state index in [-0.39, 0.29) is 0 Å². The van der Waals surface area contributed by atoms with Crippen LogP contribution in [0.15, 0.2) is 12.3 Å². The van der Waals surface area contributed by atoms with Crippen molar-refractivity contribution in [1.82, 2.24) is 4.98 Å². The van der Waals surface area contributed by atoms with Gasteiger partial charge in [0.05, 0.1) is 11.9 Å². The number of aromatic nitrogens is 1. The second kappa shape index (κ2) is 5.68. The van der Waals surface area contributed by atoms with Crippen LogP contribution in [-0.2, 0) is 0 Å². The van der Waals surface area contributed by atoms with Crippen molar-refractivity contribution in [2.45, 2.75) is 12.2 Å². The highest BCUT2D eigenvalue weighted by molar-refractivity contribution is 8.06. The van der Waals surface area contributed by atoms with Gasteiger partial charge in [0.1, 0.15) is 5.82 Å². The summed E-state index contributed by atoms with van der Waals surface area (Å²) in [6.45, 7) is 3.03. The third-order valence-corrected chi connectivity index (χ3v) is 5.33. The number of rotatable bonds is 3. The molecule has 3 N–H and O–H groups in total. The van der Waals surface area contributed by atoms with Gasteiger partial charge in [-0.3, -0.25) is 0 Å². The standard InChI is InChI=1S/C11H17N3S2/c1-8-4-9(12)5-13-11(8)14-6-10-7-15-2-3-16-10/h4-5,10H,2-3,6-7,12H2,1H3,(H,13,14). The fraction of sp³-hybridized carbons (Fsp3) is 0.545. The van der Waals surface area contributed by atoms with Gasteiger partial charge in [-0.25, -0.2) is 4.98 Å². The van der Waals surface area contributed by atoms with E-state index in [1.165, 1.54) is 17.3 Å². The van der Waals surface area contributed by atoms with Crippen LogP contribution in [0, 0.1) is 6.92 Å². The predicted octanol–water partition coefficient (Wildman–Crippen LogP) is 2.23. The number of pyridine rings is 1. The van der Waals surface area contributed by atoms with Crippen molar-refractivity contribution >= 4 is 35.0 Å². The third kappa shape index (κ3) is 3.22. The molecule has 2 rings (SSSR count). The molecule has 5 heteroatoms. The molecular weight excluding hydrogens is 238 g/mol. The Balaban J connectivity index is 1.88. The van der Waals surface area contributed by atoms with E-state index in [4.69, 9.17) is 5.73 Å². The van der Waals surface area contributed by atoms with Crippen molar-refractivity contribution < 1.29 is 0 Å². The minimum atomic E-state index is 0.706. The lowest BCUT2D eigenvalue weighted by Gasteiger charge is -2.21. The van der Waals surface area contributed by atoms with Crippen LogP contribution in [0.5, 0.6) is 0 Å². The number of nitrogen functional groups attached to an aromatic ring is 1. The van der Waals surface area contributed by atoms with E-state index in [0.717, 1.165) is 23.6 Å². The summed E-state index contributed by atoms with van der Waals surface area (Å²) < 4.78 is 0. The minimum Gasteiger partial charge on any atom is -0.397 e. The van der Waals surface area contributed by atoms with Gasteiger partial charge in [-0.05, 0) is 18.6 Å². The maximum Gasteiger partial charge on any atom is 0.129 e. The zero-order valence-corrected chi connectivity index (χ0v) is 11.0. The van der Waals surface area contributed by atoms with Gasteiger partial charge in [0, 0.05) is 29.1 Å². The first kappa shape index (κ1) is 11.9. The smallest absolute Gasteiger partial charge is 0.129 e. The maximum absolute atomic E-state index is 5.67. The van der Waals surface area contributed by atoms with Crippen LogP contribution in [-0.4, -0.2) is 34.0 Å². The Hall–Kier alpha value is -0.550. The summed E-state index contributed by atoms with van der Waals surface area (Å²) in [6, 6.07) is 1.96. The normalized spacial score (nSPS) is 20.7. The van der Waals surface area contributed by atoms with Crippen LogP contribution in [0.3, 0.4) is 0 Å². The lowest BCUT2D eigenvalue weighted by atomic mass is 10.2. The summed E-state index contributed by atoms with van der Waals surface area (Å²) >= 11 is 4.10. The van der Waals surface area contributed by atoms with Gasteiger partial charge in [-0.2, -0.15) is 23.5 Å². The number of nitrogens with one attached hydrogen (secondary N) is 1. The molecule has 1 aliphatic heterocycles. The Morgan fingerprint density at radius 3 is 3.12 bits per heavy atom. The number of hydrogen-bond donors (Lipinski definition) is 2. The third-order valence-electron chi connectivity index (χ3n) is 2.48. The fourth-order valence-corrected chi connectivity index (χ4v) is 4.26. The van der Waals surface area contributed by atoms with E-state index in [1.54, 1.807) is 6.20 Å². The van der Waals surface area contributed by atoms with E-state index in [0.29, 0.717) is 5.25 Å². The molecule has 1 saturated heterocycles. The number of nitrogens with two attached hydrogens (primary N) is 1. The largest absolute Gasteiger partial charge is 0.397 e. The van der Waals surface area contributed by atoms with E-state index < -0.39 is 0 Å². The van der Waals surface area contributed by atoms with Crippen molar-refractivity contribution in [3.8, 4) is 0 Å². The molecule has 0 bridgehead atoms. The highest BCUT2D eigenvalue weighted by Crippen LogP contribution is 2.24. The molecule has 1 unspecified atom stereocenters.